The highest BCUT2D eigenvalue weighted by molar-refractivity contribution is 7.89. The lowest BCUT2D eigenvalue weighted by molar-refractivity contribution is -0.137. The SMILES string of the molecule is Cc1ccc(S(=O)(=O)NC2CC2)cc1C(=O)N1CCC(C(=O)N2CCCCC2)CC1. The van der Waals surface area contributed by atoms with Crippen LogP contribution in [0.15, 0.2) is 23.1 Å². The molecule has 1 N–H and O–H groups in total. The highest BCUT2D eigenvalue weighted by atomic mass is 32.2. The number of carbonyl (C=O) groups excluding carboxylic acids is 2. The second-order valence-corrected chi connectivity index (χ2v) is 10.5. The summed E-state index contributed by atoms with van der Waals surface area (Å²) >= 11 is 0. The summed E-state index contributed by atoms with van der Waals surface area (Å²) in [4.78, 5) is 29.8. The van der Waals surface area contributed by atoms with Gasteiger partial charge in [0.2, 0.25) is 15.9 Å². The van der Waals surface area contributed by atoms with Gasteiger partial charge in [0, 0.05) is 43.7 Å². The molecule has 30 heavy (non-hydrogen) atoms. The van der Waals surface area contributed by atoms with E-state index >= 15 is 0 Å². The van der Waals surface area contributed by atoms with Gasteiger partial charge in [-0.1, -0.05) is 6.07 Å². The number of benzene rings is 1. The third-order valence-corrected chi connectivity index (χ3v) is 7.97. The van der Waals surface area contributed by atoms with Crippen molar-refractivity contribution in [1.29, 1.82) is 0 Å². The summed E-state index contributed by atoms with van der Waals surface area (Å²) in [6, 6.07) is 4.77. The van der Waals surface area contributed by atoms with E-state index in [0.29, 0.717) is 31.5 Å². The Morgan fingerprint density at radius 3 is 2.23 bits per heavy atom. The first-order valence-electron chi connectivity index (χ1n) is 11.1. The molecule has 0 radical (unpaired) electrons. The van der Waals surface area contributed by atoms with Crippen LogP contribution in [0, 0.1) is 12.8 Å². The van der Waals surface area contributed by atoms with E-state index in [1.54, 1.807) is 17.0 Å². The Balaban J connectivity index is 1.41. The zero-order valence-corrected chi connectivity index (χ0v) is 18.4. The quantitative estimate of drug-likeness (QED) is 0.772. The van der Waals surface area contributed by atoms with Crippen molar-refractivity contribution in [3.8, 4) is 0 Å². The van der Waals surface area contributed by atoms with E-state index in [4.69, 9.17) is 0 Å². The molecule has 0 aromatic heterocycles. The third kappa shape index (κ3) is 4.70. The summed E-state index contributed by atoms with van der Waals surface area (Å²) < 4.78 is 27.7. The topological polar surface area (TPSA) is 86.8 Å². The molecule has 1 aromatic rings. The van der Waals surface area contributed by atoms with E-state index in [0.717, 1.165) is 44.3 Å². The van der Waals surface area contributed by atoms with E-state index in [-0.39, 0.29) is 28.7 Å². The van der Waals surface area contributed by atoms with Gasteiger partial charge in [0.15, 0.2) is 0 Å². The van der Waals surface area contributed by atoms with E-state index in [1.165, 1.54) is 12.5 Å². The van der Waals surface area contributed by atoms with Gasteiger partial charge in [-0.3, -0.25) is 9.59 Å². The first kappa shape index (κ1) is 21.3. The molecule has 0 spiro atoms. The molecule has 1 aliphatic carbocycles. The van der Waals surface area contributed by atoms with E-state index in [9.17, 15) is 18.0 Å². The zero-order chi connectivity index (χ0) is 21.3. The van der Waals surface area contributed by atoms with Crippen molar-refractivity contribution >= 4 is 21.8 Å². The van der Waals surface area contributed by atoms with Crippen molar-refractivity contribution < 1.29 is 18.0 Å². The zero-order valence-electron chi connectivity index (χ0n) is 17.6. The fourth-order valence-electron chi connectivity index (χ4n) is 4.36. The Morgan fingerprint density at radius 1 is 0.933 bits per heavy atom. The lowest BCUT2D eigenvalue weighted by atomic mass is 9.93. The number of rotatable bonds is 5. The standard InChI is InChI=1S/C22H31N3O4S/c1-16-5-8-19(30(28,29)23-18-6-7-18)15-20(16)22(27)25-13-9-17(10-14-25)21(26)24-11-3-2-4-12-24/h5,8,15,17-18,23H,2-4,6-7,9-14H2,1H3. The predicted octanol–water partition coefficient (Wildman–Crippen LogP) is 2.30. The molecule has 164 valence electrons. The molecule has 2 aliphatic heterocycles. The average molecular weight is 434 g/mol. The monoisotopic (exact) mass is 433 g/mol. The second kappa shape index (κ2) is 8.67. The van der Waals surface area contributed by atoms with Crippen molar-refractivity contribution in [2.45, 2.75) is 62.8 Å². The fourth-order valence-corrected chi connectivity index (χ4v) is 5.69. The maximum Gasteiger partial charge on any atom is 0.254 e. The van der Waals surface area contributed by atoms with Gasteiger partial charge >= 0.3 is 0 Å². The van der Waals surface area contributed by atoms with Crippen molar-refractivity contribution in [3.63, 3.8) is 0 Å². The number of nitrogens with zero attached hydrogens (tertiary/aromatic N) is 2. The molecule has 4 rings (SSSR count). The smallest absolute Gasteiger partial charge is 0.254 e. The molecule has 8 heteroatoms. The van der Waals surface area contributed by atoms with E-state index < -0.39 is 10.0 Å². The number of likely N-dealkylation sites (tertiary alicyclic amines) is 2. The number of piperidine rings is 2. The number of sulfonamides is 1. The second-order valence-electron chi connectivity index (χ2n) is 8.82. The van der Waals surface area contributed by atoms with Crippen molar-refractivity contribution in [3.05, 3.63) is 29.3 Å². The molecule has 1 saturated carbocycles. The molecule has 0 unspecified atom stereocenters. The molecule has 2 amide bonds. The summed E-state index contributed by atoms with van der Waals surface area (Å²) in [5.41, 5.74) is 1.19. The number of aryl methyl sites for hydroxylation is 1. The van der Waals surface area contributed by atoms with Crippen LogP contribution in [-0.2, 0) is 14.8 Å². The minimum atomic E-state index is -3.60. The number of nitrogens with one attached hydrogen (secondary N) is 1. The first-order valence-corrected chi connectivity index (χ1v) is 12.5. The average Bonchev–Trinajstić information content (AvgIpc) is 3.57. The van der Waals surface area contributed by atoms with E-state index in [2.05, 4.69) is 4.72 Å². The molecule has 2 saturated heterocycles. The summed E-state index contributed by atoms with van der Waals surface area (Å²) in [6.45, 7) is 4.59. The van der Waals surface area contributed by atoms with Crippen LogP contribution in [-0.4, -0.2) is 62.3 Å². The van der Waals surface area contributed by atoms with Gasteiger partial charge in [0.05, 0.1) is 4.90 Å². The maximum atomic E-state index is 13.1. The molecule has 0 atom stereocenters. The first-order chi connectivity index (χ1) is 14.3. The Hall–Kier alpha value is -1.93. The minimum Gasteiger partial charge on any atom is -0.342 e. The molecule has 2 heterocycles. The highest BCUT2D eigenvalue weighted by Gasteiger charge is 2.32. The Morgan fingerprint density at radius 2 is 1.60 bits per heavy atom. The molecular formula is C22H31N3O4S. The van der Waals surface area contributed by atoms with Crippen LogP contribution in [0.3, 0.4) is 0 Å². The van der Waals surface area contributed by atoms with Gasteiger partial charge < -0.3 is 9.80 Å². The van der Waals surface area contributed by atoms with Gasteiger partial charge in [0.1, 0.15) is 0 Å². The largest absolute Gasteiger partial charge is 0.342 e. The van der Waals surface area contributed by atoms with Gasteiger partial charge in [-0.15, -0.1) is 0 Å². The Bertz CT molecular complexity index is 912. The predicted molar refractivity (Wildman–Crippen MR) is 114 cm³/mol. The summed E-state index contributed by atoms with van der Waals surface area (Å²) in [7, 11) is -3.60. The molecular weight excluding hydrogens is 402 g/mol. The van der Waals surface area contributed by atoms with Gasteiger partial charge in [-0.25, -0.2) is 13.1 Å². The normalized spacial score (nSPS) is 21.0. The maximum absolute atomic E-state index is 13.1. The van der Waals surface area contributed by atoms with Crippen LogP contribution in [0.4, 0.5) is 0 Å². The van der Waals surface area contributed by atoms with Crippen LogP contribution in [0.25, 0.3) is 0 Å². The molecule has 3 aliphatic rings. The number of carbonyl (C=O) groups is 2. The van der Waals surface area contributed by atoms with Crippen LogP contribution in [0.1, 0.15) is 60.9 Å². The molecule has 7 nitrogen and oxygen atoms in total. The Labute approximate surface area is 178 Å². The summed E-state index contributed by atoms with van der Waals surface area (Å²) in [5.74, 6) is 0.0692. The van der Waals surface area contributed by atoms with Crippen molar-refractivity contribution in [2.24, 2.45) is 5.92 Å². The number of amides is 2. The van der Waals surface area contributed by atoms with Crippen LogP contribution >= 0.6 is 0 Å². The molecule has 1 aromatic carbocycles. The number of hydrogen-bond acceptors (Lipinski definition) is 4. The van der Waals surface area contributed by atoms with Crippen molar-refractivity contribution in [2.75, 3.05) is 26.2 Å². The summed E-state index contributed by atoms with van der Waals surface area (Å²) in [5, 5.41) is 0. The van der Waals surface area contributed by atoms with Crippen molar-refractivity contribution in [1.82, 2.24) is 14.5 Å². The third-order valence-electron chi connectivity index (χ3n) is 6.45. The lowest BCUT2D eigenvalue weighted by Gasteiger charge is -2.35. The van der Waals surface area contributed by atoms with Crippen LogP contribution in [0.5, 0.6) is 0 Å². The number of hydrogen-bond donors (Lipinski definition) is 1. The van der Waals surface area contributed by atoms with Crippen LogP contribution < -0.4 is 4.72 Å². The molecule has 3 fully saturated rings. The van der Waals surface area contributed by atoms with Gasteiger partial charge in [-0.2, -0.15) is 0 Å². The summed E-state index contributed by atoms with van der Waals surface area (Å²) in [6.07, 6.45) is 6.42. The van der Waals surface area contributed by atoms with Gasteiger partial charge in [-0.05, 0) is 69.6 Å². The fraction of sp³-hybridized carbons (Fsp3) is 0.636. The Kier molecular flexibility index (Phi) is 6.16. The lowest BCUT2D eigenvalue weighted by Crippen LogP contribution is -2.45. The van der Waals surface area contributed by atoms with E-state index in [1.807, 2.05) is 11.8 Å². The minimum absolute atomic E-state index is 0.0114. The van der Waals surface area contributed by atoms with Crippen LogP contribution in [0.2, 0.25) is 0 Å². The van der Waals surface area contributed by atoms with Gasteiger partial charge in [0.25, 0.3) is 5.91 Å². The highest BCUT2D eigenvalue weighted by Crippen LogP contribution is 2.26. The molecule has 0 bridgehead atoms.